The molecule has 0 spiro atoms. The van der Waals surface area contributed by atoms with Crippen molar-refractivity contribution in [2.45, 2.75) is 0 Å². The summed E-state index contributed by atoms with van der Waals surface area (Å²) in [6.07, 6.45) is 0. The molecule has 0 heterocycles. The number of para-hydroxylation sites is 3. The zero-order chi connectivity index (χ0) is 21.1. The number of amides is 1. The van der Waals surface area contributed by atoms with E-state index in [2.05, 4.69) is 5.32 Å². The molecule has 0 bridgehead atoms. The predicted molar refractivity (Wildman–Crippen MR) is 114 cm³/mol. The molecule has 0 atom stereocenters. The van der Waals surface area contributed by atoms with Crippen LogP contribution in [0.2, 0.25) is 20.1 Å². The Kier molecular flexibility index (Phi) is 6.55. The van der Waals surface area contributed by atoms with Crippen LogP contribution in [0.5, 0.6) is 11.5 Å². The largest absolute Gasteiger partial charge is 0.478 e. The summed E-state index contributed by atoms with van der Waals surface area (Å²) in [6.45, 7) is 0. The maximum absolute atomic E-state index is 12.9. The van der Waals surface area contributed by atoms with Gasteiger partial charge in [0.25, 0.3) is 5.91 Å². The van der Waals surface area contributed by atoms with E-state index in [0.717, 1.165) is 0 Å². The summed E-state index contributed by atoms with van der Waals surface area (Å²) in [5.74, 6) is -1.42. The summed E-state index contributed by atoms with van der Waals surface area (Å²) in [7, 11) is 0. The third-order valence-electron chi connectivity index (χ3n) is 3.81. The fraction of sp³-hybridized carbons (Fsp3) is 0. The number of aromatic carboxylic acids is 1. The van der Waals surface area contributed by atoms with Gasteiger partial charge < -0.3 is 15.2 Å². The van der Waals surface area contributed by atoms with Gasteiger partial charge in [0.1, 0.15) is 5.75 Å². The molecule has 9 heteroatoms. The van der Waals surface area contributed by atoms with Crippen molar-refractivity contribution < 1.29 is 19.4 Å². The van der Waals surface area contributed by atoms with Gasteiger partial charge in [-0.3, -0.25) is 4.79 Å². The first-order valence-electron chi connectivity index (χ1n) is 8.03. The van der Waals surface area contributed by atoms with Crippen LogP contribution in [0.4, 0.5) is 5.69 Å². The van der Waals surface area contributed by atoms with Gasteiger partial charge in [-0.15, -0.1) is 0 Å². The molecule has 3 aromatic rings. The predicted octanol–water partition coefficient (Wildman–Crippen LogP) is 7.04. The van der Waals surface area contributed by atoms with E-state index in [9.17, 15) is 14.7 Å². The molecule has 29 heavy (non-hydrogen) atoms. The molecule has 1 amide bonds. The Morgan fingerprint density at radius 3 is 1.93 bits per heavy atom. The Bertz CT molecular complexity index is 1100. The Balaban J connectivity index is 2.02. The van der Waals surface area contributed by atoms with E-state index < -0.39 is 23.0 Å². The van der Waals surface area contributed by atoms with Crippen LogP contribution >= 0.6 is 46.4 Å². The Morgan fingerprint density at radius 1 is 0.759 bits per heavy atom. The minimum atomic E-state index is -1.48. The van der Waals surface area contributed by atoms with E-state index in [1.54, 1.807) is 48.5 Å². The normalized spacial score (nSPS) is 10.5. The van der Waals surface area contributed by atoms with E-state index >= 15 is 0 Å². The maximum atomic E-state index is 12.9. The van der Waals surface area contributed by atoms with Crippen LogP contribution in [0.1, 0.15) is 20.7 Å². The van der Waals surface area contributed by atoms with Crippen molar-refractivity contribution in [3.05, 3.63) is 85.8 Å². The van der Waals surface area contributed by atoms with Gasteiger partial charge >= 0.3 is 5.97 Å². The summed E-state index contributed by atoms with van der Waals surface area (Å²) in [5, 5.41) is 10.9. The smallest absolute Gasteiger partial charge is 0.338 e. The van der Waals surface area contributed by atoms with Crippen LogP contribution in [0.3, 0.4) is 0 Å². The molecule has 5 nitrogen and oxygen atoms in total. The number of halogens is 4. The van der Waals surface area contributed by atoms with Gasteiger partial charge in [-0.2, -0.15) is 0 Å². The fourth-order valence-corrected chi connectivity index (χ4v) is 3.52. The van der Waals surface area contributed by atoms with Crippen molar-refractivity contribution >= 4 is 64.0 Å². The average Bonchev–Trinajstić information content (AvgIpc) is 2.70. The standard InChI is InChI=1S/C20H11Cl4NO4/c21-15-13(14(20(27)28)16(22)18(24)17(15)23)19(26)25-11-8-4-5-9-12(11)29-10-6-2-1-3-7-10/h1-9H,(H,25,26)(H,27,28). The van der Waals surface area contributed by atoms with E-state index in [0.29, 0.717) is 11.5 Å². The topological polar surface area (TPSA) is 75.6 Å². The van der Waals surface area contributed by atoms with Gasteiger partial charge in [0.2, 0.25) is 0 Å². The van der Waals surface area contributed by atoms with Gasteiger partial charge in [-0.1, -0.05) is 76.7 Å². The molecule has 0 fully saturated rings. The van der Waals surface area contributed by atoms with Crippen molar-refractivity contribution in [3.8, 4) is 11.5 Å². The number of carbonyl (C=O) groups excluding carboxylic acids is 1. The molecule has 0 unspecified atom stereocenters. The fourth-order valence-electron chi connectivity index (χ4n) is 2.50. The number of nitrogens with one attached hydrogen (secondary N) is 1. The van der Waals surface area contributed by atoms with Crippen molar-refractivity contribution in [2.75, 3.05) is 5.32 Å². The highest BCUT2D eigenvalue weighted by Gasteiger charge is 2.29. The van der Waals surface area contributed by atoms with Gasteiger partial charge in [0, 0.05) is 0 Å². The zero-order valence-electron chi connectivity index (χ0n) is 14.4. The Labute approximate surface area is 185 Å². The van der Waals surface area contributed by atoms with Crippen molar-refractivity contribution in [1.29, 1.82) is 0 Å². The summed E-state index contributed by atoms with van der Waals surface area (Å²) in [6, 6.07) is 15.6. The second-order valence-corrected chi connectivity index (χ2v) is 7.19. The summed E-state index contributed by atoms with van der Waals surface area (Å²) < 4.78 is 5.78. The lowest BCUT2D eigenvalue weighted by atomic mass is 10.1. The lowest BCUT2D eigenvalue weighted by molar-refractivity contribution is 0.0692. The van der Waals surface area contributed by atoms with E-state index in [-0.39, 0.29) is 25.8 Å². The first-order valence-corrected chi connectivity index (χ1v) is 9.55. The number of carboxylic acids is 1. The maximum Gasteiger partial charge on any atom is 0.338 e. The van der Waals surface area contributed by atoms with Crippen LogP contribution < -0.4 is 10.1 Å². The lowest BCUT2D eigenvalue weighted by Crippen LogP contribution is -2.18. The highest BCUT2D eigenvalue weighted by atomic mass is 35.5. The van der Waals surface area contributed by atoms with Crippen LogP contribution in [0, 0.1) is 0 Å². The van der Waals surface area contributed by atoms with Crippen LogP contribution in [0.15, 0.2) is 54.6 Å². The third-order valence-corrected chi connectivity index (χ3v) is 5.62. The molecule has 0 saturated heterocycles. The monoisotopic (exact) mass is 469 g/mol. The third kappa shape index (κ3) is 4.43. The molecule has 0 aliphatic carbocycles. The number of benzene rings is 3. The molecule has 3 rings (SSSR count). The highest BCUT2D eigenvalue weighted by Crippen LogP contribution is 2.42. The van der Waals surface area contributed by atoms with Gasteiger partial charge in [0.05, 0.1) is 36.9 Å². The number of ether oxygens (including phenoxy) is 1. The summed E-state index contributed by atoms with van der Waals surface area (Å²) >= 11 is 24.0. The van der Waals surface area contributed by atoms with Gasteiger partial charge in [-0.05, 0) is 24.3 Å². The number of carboxylic acid groups (broad SMARTS) is 1. The first-order chi connectivity index (χ1) is 13.8. The molecule has 2 N–H and O–H groups in total. The SMILES string of the molecule is O=C(O)c1c(Cl)c(Cl)c(Cl)c(Cl)c1C(=O)Nc1ccccc1Oc1ccccc1. The van der Waals surface area contributed by atoms with Crippen LogP contribution in [-0.2, 0) is 0 Å². The number of anilines is 1. The molecular formula is C20H11Cl4NO4. The molecule has 0 aliphatic rings. The molecule has 3 aromatic carbocycles. The van der Waals surface area contributed by atoms with E-state index in [1.807, 2.05) is 6.07 Å². The zero-order valence-corrected chi connectivity index (χ0v) is 17.4. The van der Waals surface area contributed by atoms with Gasteiger partial charge in [-0.25, -0.2) is 4.79 Å². The number of hydrogen-bond donors (Lipinski definition) is 2. The van der Waals surface area contributed by atoms with Gasteiger partial charge in [0.15, 0.2) is 5.75 Å². The number of carbonyl (C=O) groups is 2. The Morgan fingerprint density at radius 2 is 1.31 bits per heavy atom. The van der Waals surface area contributed by atoms with Crippen LogP contribution in [0.25, 0.3) is 0 Å². The molecule has 0 saturated carbocycles. The number of rotatable bonds is 5. The molecular weight excluding hydrogens is 460 g/mol. The second kappa shape index (κ2) is 8.93. The average molecular weight is 471 g/mol. The van der Waals surface area contributed by atoms with E-state index in [1.165, 1.54) is 0 Å². The van der Waals surface area contributed by atoms with Crippen LogP contribution in [-0.4, -0.2) is 17.0 Å². The molecule has 0 radical (unpaired) electrons. The van der Waals surface area contributed by atoms with Crippen molar-refractivity contribution in [2.24, 2.45) is 0 Å². The first kappa shape index (κ1) is 21.3. The quantitative estimate of drug-likeness (QED) is 0.309. The van der Waals surface area contributed by atoms with E-state index in [4.69, 9.17) is 51.1 Å². The lowest BCUT2D eigenvalue weighted by Gasteiger charge is -2.16. The molecule has 0 aromatic heterocycles. The summed E-state index contributed by atoms with van der Waals surface area (Å²) in [5.41, 5.74) is -0.672. The van der Waals surface area contributed by atoms with Crippen molar-refractivity contribution in [3.63, 3.8) is 0 Å². The minimum Gasteiger partial charge on any atom is -0.478 e. The van der Waals surface area contributed by atoms with Crippen molar-refractivity contribution in [1.82, 2.24) is 0 Å². The summed E-state index contributed by atoms with van der Waals surface area (Å²) in [4.78, 5) is 24.6. The highest BCUT2D eigenvalue weighted by molar-refractivity contribution is 6.54. The Hall–Kier alpha value is -2.44. The number of hydrogen-bond acceptors (Lipinski definition) is 3. The molecule has 148 valence electrons. The second-order valence-electron chi connectivity index (χ2n) is 5.68. The minimum absolute atomic E-state index is 0.220. The molecule has 0 aliphatic heterocycles.